The van der Waals surface area contributed by atoms with E-state index in [1.165, 1.54) is 0 Å². The average Bonchev–Trinajstić information content (AvgIpc) is 3.44. The van der Waals surface area contributed by atoms with Gasteiger partial charge in [-0.3, -0.25) is 4.79 Å². The maximum Gasteiger partial charge on any atom is 0.219 e. The molecule has 0 aliphatic carbocycles. The minimum atomic E-state index is 0.119. The number of nitrogens with two attached hydrogens (primary N) is 1. The molecule has 0 saturated carbocycles. The van der Waals surface area contributed by atoms with Crippen LogP contribution in [0, 0.1) is 0 Å². The van der Waals surface area contributed by atoms with Gasteiger partial charge in [0, 0.05) is 43.3 Å². The summed E-state index contributed by atoms with van der Waals surface area (Å²) in [6.07, 6.45) is 7.28. The number of fused-ring (bicyclic) bond motifs is 1. The number of piperidine rings is 1. The van der Waals surface area contributed by atoms with Gasteiger partial charge in [0.2, 0.25) is 5.91 Å². The van der Waals surface area contributed by atoms with Crippen LogP contribution in [0.4, 0.5) is 5.82 Å². The van der Waals surface area contributed by atoms with Crippen molar-refractivity contribution < 1.29 is 4.79 Å². The number of hydrogen-bond acceptors (Lipinski definition) is 5. The molecule has 1 aliphatic rings. The summed E-state index contributed by atoms with van der Waals surface area (Å²) in [6, 6.07) is 9.95. The van der Waals surface area contributed by atoms with E-state index in [2.05, 4.69) is 26.1 Å². The Balaban J connectivity index is 1.53. The van der Waals surface area contributed by atoms with Crippen molar-refractivity contribution in [3.63, 3.8) is 0 Å². The third kappa shape index (κ3) is 3.48. The molecule has 0 bridgehead atoms. The van der Waals surface area contributed by atoms with E-state index in [4.69, 9.17) is 10.7 Å². The van der Waals surface area contributed by atoms with Crippen LogP contribution in [-0.2, 0) is 4.79 Å². The highest BCUT2D eigenvalue weighted by atomic mass is 79.9. The van der Waals surface area contributed by atoms with E-state index in [1.54, 1.807) is 17.6 Å². The summed E-state index contributed by atoms with van der Waals surface area (Å²) >= 11 is 3.64. The Morgan fingerprint density at radius 3 is 2.58 bits per heavy atom. The highest BCUT2D eigenvalue weighted by Gasteiger charge is 2.27. The summed E-state index contributed by atoms with van der Waals surface area (Å²) in [4.78, 5) is 18.5. The van der Waals surface area contributed by atoms with Crippen molar-refractivity contribution in [2.75, 3.05) is 18.8 Å². The van der Waals surface area contributed by atoms with Gasteiger partial charge >= 0.3 is 0 Å². The molecule has 3 aromatic heterocycles. The second-order valence-electron chi connectivity index (χ2n) is 7.78. The largest absolute Gasteiger partial charge is 0.383 e. The van der Waals surface area contributed by atoms with Crippen molar-refractivity contribution in [1.29, 1.82) is 0 Å². The second kappa shape index (κ2) is 7.81. The molecule has 5 rings (SSSR count). The summed E-state index contributed by atoms with van der Waals surface area (Å²) in [5.74, 6) is 0.872. The van der Waals surface area contributed by atoms with Gasteiger partial charge in [-0.2, -0.15) is 14.7 Å². The van der Waals surface area contributed by atoms with Crippen LogP contribution in [0.1, 0.15) is 31.4 Å². The molecule has 1 aliphatic heterocycles. The van der Waals surface area contributed by atoms with Crippen molar-refractivity contribution in [2.45, 2.75) is 25.7 Å². The fourth-order valence-electron chi connectivity index (χ4n) is 4.14. The standard InChI is InChI=1S/C22H22BrN7O/c1-14(31)28-9-7-15(8-10-28)20-19(23)21(24)30-22(27-20)18(12-26-30)16-11-25-29(13-16)17-5-3-2-4-6-17/h2-6,11-13,15H,7-10,24H2,1H3. The molecule has 1 saturated heterocycles. The lowest BCUT2D eigenvalue weighted by molar-refractivity contribution is -0.129. The number of carbonyl (C=O) groups is 1. The smallest absolute Gasteiger partial charge is 0.219 e. The van der Waals surface area contributed by atoms with Gasteiger partial charge in [-0.25, -0.2) is 9.67 Å². The Kier molecular flexibility index (Phi) is 4.97. The first-order valence-corrected chi connectivity index (χ1v) is 11.0. The first-order chi connectivity index (χ1) is 15.0. The molecule has 0 atom stereocenters. The van der Waals surface area contributed by atoms with Gasteiger partial charge in [-0.15, -0.1) is 0 Å². The maximum atomic E-state index is 11.7. The minimum absolute atomic E-state index is 0.119. The van der Waals surface area contributed by atoms with Crippen molar-refractivity contribution in [1.82, 2.24) is 29.3 Å². The van der Waals surface area contributed by atoms with Crippen LogP contribution in [0.25, 0.3) is 22.5 Å². The molecule has 0 unspecified atom stereocenters. The third-order valence-corrected chi connectivity index (χ3v) is 6.70. The monoisotopic (exact) mass is 479 g/mol. The number of hydrogen-bond donors (Lipinski definition) is 1. The number of benzene rings is 1. The van der Waals surface area contributed by atoms with Crippen LogP contribution in [0.15, 0.2) is 53.4 Å². The van der Waals surface area contributed by atoms with Crippen LogP contribution in [0.2, 0.25) is 0 Å². The van der Waals surface area contributed by atoms with Crippen LogP contribution in [0.3, 0.4) is 0 Å². The zero-order chi connectivity index (χ0) is 21.5. The molecular weight excluding hydrogens is 458 g/mol. The molecule has 2 N–H and O–H groups in total. The Morgan fingerprint density at radius 2 is 1.87 bits per heavy atom. The molecule has 158 valence electrons. The van der Waals surface area contributed by atoms with E-state index in [0.29, 0.717) is 11.5 Å². The lowest BCUT2D eigenvalue weighted by atomic mass is 9.93. The molecule has 0 radical (unpaired) electrons. The van der Waals surface area contributed by atoms with Gasteiger partial charge in [-0.05, 0) is 40.9 Å². The van der Waals surface area contributed by atoms with E-state index in [1.807, 2.05) is 52.3 Å². The fraction of sp³-hybridized carbons (Fsp3) is 0.273. The molecule has 1 aromatic carbocycles. The topological polar surface area (TPSA) is 94.3 Å². The van der Waals surface area contributed by atoms with Crippen molar-refractivity contribution in [2.24, 2.45) is 0 Å². The lowest BCUT2D eigenvalue weighted by Crippen LogP contribution is -2.36. The fourth-order valence-corrected chi connectivity index (χ4v) is 4.72. The van der Waals surface area contributed by atoms with Crippen molar-refractivity contribution >= 4 is 33.3 Å². The van der Waals surface area contributed by atoms with Gasteiger partial charge in [0.25, 0.3) is 0 Å². The lowest BCUT2D eigenvalue weighted by Gasteiger charge is -2.31. The summed E-state index contributed by atoms with van der Waals surface area (Å²) in [5.41, 5.74) is 10.8. The zero-order valence-electron chi connectivity index (χ0n) is 17.1. The summed E-state index contributed by atoms with van der Waals surface area (Å²) in [7, 11) is 0. The average molecular weight is 480 g/mol. The summed E-state index contributed by atoms with van der Waals surface area (Å²) in [5, 5.41) is 8.97. The Labute approximate surface area is 187 Å². The number of halogens is 1. The van der Waals surface area contributed by atoms with Gasteiger partial charge in [0.1, 0.15) is 5.82 Å². The first-order valence-electron chi connectivity index (χ1n) is 10.2. The third-order valence-electron chi connectivity index (χ3n) is 5.89. The van der Waals surface area contributed by atoms with E-state index in [9.17, 15) is 4.79 Å². The normalized spacial score (nSPS) is 15.0. The van der Waals surface area contributed by atoms with Crippen LogP contribution < -0.4 is 5.73 Å². The number of anilines is 1. The highest BCUT2D eigenvalue weighted by molar-refractivity contribution is 9.10. The molecule has 4 heterocycles. The van der Waals surface area contributed by atoms with Crippen molar-refractivity contribution in [3.05, 3.63) is 59.1 Å². The number of nitrogen functional groups attached to an aromatic ring is 1. The van der Waals surface area contributed by atoms with E-state index < -0.39 is 0 Å². The number of aromatic nitrogens is 5. The molecular formula is C22H22BrN7O. The van der Waals surface area contributed by atoms with Gasteiger partial charge in [0.15, 0.2) is 5.65 Å². The van der Waals surface area contributed by atoms with Gasteiger partial charge in [-0.1, -0.05) is 18.2 Å². The molecule has 9 heteroatoms. The molecule has 4 aromatic rings. The number of nitrogens with zero attached hydrogens (tertiary/aromatic N) is 6. The zero-order valence-corrected chi connectivity index (χ0v) is 18.7. The number of likely N-dealkylation sites (tertiary alicyclic amines) is 1. The van der Waals surface area contributed by atoms with Crippen LogP contribution in [-0.4, -0.2) is 48.3 Å². The van der Waals surface area contributed by atoms with Gasteiger partial charge in [0.05, 0.1) is 28.2 Å². The second-order valence-corrected chi connectivity index (χ2v) is 8.57. The van der Waals surface area contributed by atoms with E-state index in [-0.39, 0.29) is 11.8 Å². The Bertz CT molecular complexity index is 1260. The highest BCUT2D eigenvalue weighted by Crippen LogP contribution is 2.37. The first kappa shape index (κ1) is 19.7. The van der Waals surface area contributed by atoms with Gasteiger partial charge < -0.3 is 10.6 Å². The van der Waals surface area contributed by atoms with Crippen LogP contribution >= 0.6 is 15.9 Å². The van der Waals surface area contributed by atoms with Crippen molar-refractivity contribution in [3.8, 4) is 16.8 Å². The number of rotatable bonds is 3. The molecule has 0 spiro atoms. The van der Waals surface area contributed by atoms with E-state index in [0.717, 1.165) is 52.9 Å². The Hall–Kier alpha value is -3.20. The van der Waals surface area contributed by atoms with E-state index >= 15 is 0 Å². The molecule has 1 amide bonds. The SMILES string of the molecule is CC(=O)N1CCC(c2nc3c(-c4cnn(-c5ccccc5)c4)cnn3c(N)c2Br)CC1. The molecule has 1 fully saturated rings. The van der Waals surface area contributed by atoms with Crippen LogP contribution in [0.5, 0.6) is 0 Å². The minimum Gasteiger partial charge on any atom is -0.383 e. The predicted octanol–water partition coefficient (Wildman–Crippen LogP) is 3.65. The summed E-state index contributed by atoms with van der Waals surface area (Å²) in [6.45, 7) is 3.08. The summed E-state index contributed by atoms with van der Waals surface area (Å²) < 4.78 is 4.27. The predicted molar refractivity (Wildman–Crippen MR) is 122 cm³/mol. The number of carbonyl (C=O) groups excluding carboxylic acids is 1. The molecule has 31 heavy (non-hydrogen) atoms. The number of para-hydroxylation sites is 1. The number of amides is 1. The maximum absolute atomic E-state index is 11.7. The quantitative estimate of drug-likeness (QED) is 0.483. The Morgan fingerprint density at radius 1 is 1.13 bits per heavy atom. The molecule has 8 nitrogen and oxygen atoms in total.